The van der Waals surface area contributed by atoms with Gasteiger partial charge < -0.3 is 15.5 Å². The van der Waals surface area contributed by atoms with E-state index in [2.05, 4.69) is 43.5 Å². The zero-order valence-corrected chi connectivity index (χ0v) is 18.7. The first-order valence-corrected chi connectivity index (χ1v) is 9.35. The predicted molar refractivity (Wildman–Crippen MR) is 122 cm³/mol. The SMILES string of the molecule is CCNC(=NCc1ccc(C)nc1)NC1CCN(c2ncccc2Cl)C1.I. The van der Waals surface area contributed by atoms with Gasteiger partial charge in [-0.15, -0.1) is 24.0 Å². The van der Waals surface area contributed by atoms with Gasteiger partial charge in [0.25, 0.3) is 0 Å². The molecule has 0 radical (unpaired) electrons. The molecule has 8 heteroatoms. The van der Waals surface area contributed by atoms with E-state index in [0.29, 0.717) is 17.6 Å². The molecule has 3 heterocycles. The van der Waals surface area contributed by atoms with Crippen LogP contribution in [0.1, 0.15) is 24.6 Å². The van der Waals surface area contributed by atoms with Crippen molar-refractivity contribution in [3.8, 4) is 0 Å². The highest BCUT2D eigenvalue weighted by molar-refractivity contribution is 14.0. The first-order chi connectivity index (χ1) is 12.7. The van der Waals surface area contributed by atoms with Gasteiger partial charge in [-0.3, -0.25) is 4.98 Å². The van der Waals surface area contributed by atoms with Crippen LogP contribution in [0.5, 0.6) is 0 Å². The van der Waals surface area contributed by atoms with Crippen LogP contribution in [0.4, 0.5) is 5.82 Å². The molecule has 0 bridgehead atoms. The number of halogens is 2. The Hall–Kier alpha value is -1.61. The molecule has 27 heavy (non-hydrogen) atoms. The molecule has 1 aliphatic heterocycles. The molecule has 3 rings (SSSR count). The highest BCUT2D eigenvalue weighted by Gasteiger charge is 2.25. The Labute approximate surface area is 182 Å². The molecule has 2 aromatic rings. The van der Waals surface area contributed by atoms with Crippen LogP contribution in [-0.4, -0.2) is 41.6 Å². The summed E-state index contributed by atoms with van der Waals surface area (Å²) in [5, 5.41) is 7.53. The minimum absolute atomic E-state index is 0. The second kappa shape index (κ2) is 10.7. The van der Waals surface area contributed by atoms with Gasteiger partial charge in [0.15, 0.2) is 5.96 Å². The third kappa shape index (κ3) is 6.21. The molecule has 1 aliphatic rings. The summed E-state index contributed by atoms with van der Waals surface area (Å²) in [4.78, 5) is 15.6. The minimum atomic E-state index is 0. The molecular formula is C19H26ClIN6. The lowest BCUT2D eigenvalue weighted by Gasteiger charge is -2.20. The van der Waals surface area contributed by atoms with E-state index >= 15 is 0 Å². The van der Waals surface area contributed by atoms with Crippen LogP contribution in [0.2, 0.25) is 5.02 Å². The first-order valence-electron chi connectivity index (χ1n) is 8.97. The fourth-order valence-corrected chi connectivity index (χ4v) is 3.20. The summed E-state index contributed by atoms with van der Waals surface area (Å²) in [7, 11) is 0. The van der Waals surface area contributed by atoms with Gasteiger partial charge in [-0.1, -0.05) is 17.7 Å². The van der Waals surface area contributed by atoms with Crippen LogP contribution in [0.3, 0.4) is 0 Å². The summed E-state index contributed by atoms with van der Waals surface area (Å²) < 4.78 is 0. The lowest BCUT2D eigenvalue weighted by atomic mass is 10.2. The molecule has 146 valence electrons. The van der Waals surface area contributed by atoms with Crippen molar-refractivity contribution in [2.75, 3.05) is 24.5 Å². The lowest BCUT2D eigenvalue weighted by molar-refractivity contribution is 0.648. The predicted octanol–water partition coefficient (Wildman–Crippen LogP) is 3.39. The van der Waals surface area contributed by atoms with E-state index in [-0.39, 0.29) is 24.0 Å². The number of hydrogen-bond donors (Lipinski definition) is 2. The van der Waals surface area contributed by atoms with Crippen molar-refractivity contribution in [1.82, 2.24) is 20.6 Å². The highest BCUT2D eigenvalue weighted by atomic mass is 127. The van der Waals surface area contributed by atoms with Crippen LogP contribution >= 0.6 is 35.6 Å². The number of rotatable bonds is 5. The third-order valence-corrected chi connectivity index (χ3v) is 4.60. The van der Waals surface area contributed by atoms with Crippen LogP contribution < -0.4 is 15.5 Å². The minimum Gasteiger partial charge on any atom is -0.357 e. The molecule has 6 nitrogen and oxygen atoms in total. The Balaban J connectivity index is 0.00000261. The van der Waals surface area contributed by atoms with Gasteiger partial charge in [0.05, 0.1) is 11.6 Å². The molecule has 0 saturated carbocycles. The number of pyridine rings is 2. The van der Waals surface area contributed by atoms with Crippen LogP contribution in [0, 0.1) is 6.92 Å². The van der Waals surface area contributed by atoms with Gasteiger partial charge in [-0.05, 0) is 44.0 Å². The molecule has 1 atom stereocenters. The monoisotopic (exact) mass is 500 g/mol. The molecule has 1 fully saturated rings. The van der Waals surface area contributed by atoms with Crippen molar-refractivity contribution >= 4 is 47.4 Å². The van der Waals surface area contributed by atoms with Crippen LogP contribution in [0.25, 0.3) is 0 Å². The maximum Gasteiger partial charge on any atom is 0.191 e. The summed E-state index contributed by atoms with van der Waals surface area (Å²) in [5.41, 5.74) is 2.11. The number of hydrogen-bond acceptors (Lipinski definition) is 4. The maximum atomic E-state index is 6.27. The number of aliphatic imine (C=N–C) groups is 1. The fourth-order valence-electron chi connectivity index (χ4n) is 2.96. The molecule has 2 N–H and O–H groups in total. The summed E-state index contributed by atoms with van der Waals surface area (Å²) in [6.45, 7) is 7.26. The summed E-state index contributed by atoms with van der Waals surface area (Å²) >= 11 is 6.27. The van der Waals surface area contributed by atoms with Gasteiger partial charge in [0.1, 0.15) is 5.82 Å². The quantitative estimate of drug-likeness (QED) is 0.374. The maximum absolute atomic E-state index is 6.27. The van der Waals surface area contributed by atoms with E-state index in [1.807, 2.05) is 31.3 Å². The van der Waals surface area contributed by atoms with Gasteiger partial charge in [0.2, 0.25) is 0 Å². The third-order valence-electron chi connectivity index (χ3n) is 4.30. The van der Waals surface area contributed by atoms with Crippen molar-refractivity contribution in [3.05, 3.63) is 52.9 Å². The number of anilines is 1. The average Bonchev–Trinajstić information content (AvgIpc) is 3.10. The Morgan fingerprint density at radius 1 is 1.33 bits per heavy atom. The summed E-state index contributed by atoms with van der Waals surface area (Å²) in [5.74, 6) is 1.68. The summed E-state index contributed by atoms with van der Waals surface area (Å²) in [6, 6.07) is 8.12. The van der Waals surface area contributed by atoms with E-state index in [1.165, 1.54) is 0 Å². The zero-order valence-electron chi connectivity index (χ0n) is 15.7. The lowest BCUT2D eigenvalue weighted by Crippen LogP contribution is -2.44. The Bertz CT molecular complexity index is 752. The van der Waals surface area contributed by atoms with Crippen LogP contribution in [-0.2, 0) is 6.54 Å². The van der Waals surface area contributed by atoms with Crippen molar-refractivity contribution in [1.29, 1.82) is 0 Å². The molecule has 0 amide bonds. The molecule has 0 spiro atoms. The first kappa shape index (κ1) is 21.7. The van der Waals surface area contributed by atoms with Crippen molar-refractivity contribution in [2.24, 2.45) is 4.99 Å². The Kier molecular flexibility index (Phi) is 8.56. The largest absolute Gasteiger partial charge is 0.357 e. The number of nitrogens with one attached hydrogen (secondary N) is 2. The van der Waals surface area contributed by atoms with Gasteiger partial charge in [0, 0.05) is 43.8 Å². The standard InChI is InChI=1S/C19H25ClN6.HI/c1-3-21-19(24-12-15-7-6-14(2)23-11-15)25-16-8-10-26(13-16)18-17(20)5-4-9-22-18;/h4-7,9,11,16H,3,8,10,12-13H2,1-2H3,(H2,21,24,25);1H. The topological polar surface area (TPSA) is 65.4 Å². The smallest absolute Gasteiger partial charge is 0.191 e. The van der Waals surface area contributed by atoms with Crippen molar-refractivity contribution < 1.29 is 0 Å². The Morgan fingerprint density at radius 3 is 2.89 bits per heavy atom. The van der Waals surface area contributed by atoms with E-state index in [1.54, 1.807) is 6.20 Å². The highest BCUT2D eigenvalue weighted by Crippen LogP contribution is 2.25. The summed E-state index contributed by atoms with van der Waals surface area (Å²) in [6.07, 6.45) is 4.68. The van der Waals surface area contributed by atoms with E-state index in [4.69, 9.17) is 11.6 Å². The number of aromatic nitrogens is 2. The van der Waals surface area contributed by atoms with Gasteiger partial charge >= 0.3 is 0 Å². The number of guanidine groups is 1. The van der Waals surface area contributed by atoms with Crippen molar-refractivity contribution in [3.63, 3.8) is 0 Å². The molecule has 1 unspecified atom stereocenters. The number of aryl methyl sites for hydroxylation is 1. The van der Waals surface area contributed by atoms with Gasteiger partial charge in [-0.2, -0.15) is 0 Å². The molecule has 0 aliphatic carbocycles. The van der Waals surface area contributed by atoms with Gasteiger partial charge in [-0.25, -0.2) is 9.98 Å². The Morgan fingerprint density at radius 2 is 2.19 bits per heavy atom. The normalized spacial score (nSPS) is 16.8. The van der Waals surface area contributed by atoms with Crippen molar-refractivity contribution in [2.45, 2.75) is 32.9 Å². The molecular weight excluding hydrogens is 475 g/mol. The fraction of sp³-hybridized carbons (Fsp3) is 0.421. The average molecular weight is 501 g/mol. The van der Waals surface area contributed by atoms with E-state index in [0.717, 1.165) is 49.1 Å². The van der Waals surface area contributed by atoms with Crippen LogP contribution in [0.15, 0.2) is 41.7 Å². The number of nitrogens with zero attached hydrogens (tertiary/aromatic N) is 4. The van der Waals surface area contributed by atoms with E-state index in [9.17, 15) is 0 Å². The second-order valence-corrected chi connectivity index (χ2v) is 6.79. The second-order valence-electron chi connectivity index (χ2n) is 6.39. The molecule has 2 aromatic heterocycles. The molecule has 0 aromatic carbocycles. The van der Waals surface area contributed by atoms with E-state index < -0.39 is 0 Å². The molecule has 1 saturated heterocycles. The zero-order chi connectivity index (χ0) is 18.4.